The van der Waals surface area contributed by atoms with Gasteiger partial charge in [0.1, 0.15) is 11.7 Å². The molecular formula is C18H16Cl2N2O2. The zero-order valence-electron chi connectivity index (χ0n) is 13.1. The number of aromatic nitrogens is 2. The van der Waals surface area contributed by atoms with Crippen LogP contribution >= 0.6 is 23.2 Å². The van der Waals surface area contributed by atoms with Gasteiger partial charge in [-0.05, 0) is 49.2 Å². The Morgan fingerprint density at radius 1 is 1.25 bits per heavy atom. The molecule has 1 heterocycles. The van der Waals surface area contributed by atoms with Gasteiger partial charge >= 0.3 is 5.97 Å². The first kappa shape index (κ1) is 16.8. The van der Waals surface area contributed by atoms with Crippen LogP contribution in [0.25, 0.3) is 11.0 Å². The van der Waals surface area contributed by atoms with Crippen molar-refractivity contribution in [2.45, 2.75) is 19.3 Å². The number of esters is 1. The van der Waals surface area contributed by atoms with Crippen molar-refractivity contribution in [2.75, 3.05) is 6.61 Å². The van der Waals surface area contributed by atoms with Crippen LogP contribution in [0.15, 0.2) is 42.5 Å². The van der Waals surface area contributed by atoms with E-state index in [1.807, 2.05) is 24.3 Å². The van der Waals surface area contributed by atoms with Crippen molar-refractivity contribution in [3.8, 4) is 0 Å². The van der Waals surface area contributed by atoms with Crippen LogP contribution in [0.4, 0.5) is 0 Å². The summed E-state index contributed by atoms with van der Waals surface area (Å²) >= 11 is 12.3. The average molecular weight is 363 g/mol. The Labute approximate surface area is 149 Å². The van der Waals surface area contributed by atoms with Gasteiger partial charge in [-0.1, -0.05) is 35.3 Å². The summed E-state index contributed by atoms with van der Waals surface area (Å²) < 4.78 is 5.22. The second-order valence-corrected chi connectivity index (χ2v) is 6.23. The van der Waals surface area contributed by atoms with Gasteiger partial charge in [0.05, 0.1) is 17.6 Å². The van der Waals surface area contributed by atoms with Crippen LogP contribution < -0.4 is 0 Å². The van der Waals surface area contributed by atoms with Crippen LogP contribution in [-0.2, 0) is 16.0 Å². The molecule has 0 amide bonds. The third-order valence-corrected chi connectivity index (χ3v) is 4.34. The number of rotatable bonds is 5. The summed E-state index contributed by atoms with van der Waals surface area (Å²) in [5.41, 5.74) is 2.46. The molecule has 124 valence electrons. The Morgan fingerprint density at radius 3 is 2.79 bits per heavy atom. The predicted molar refractivity (Wildman–Crippen MR) is 95.6 cm³/mol. The second-order valence-electron chi connectivity index (χ2n) is 5.38. The average Bonchev–Trinajstić information content (AvgIpc) is 2.99. The summed E-state index contributed by atoms with van der Waals surface area (Å²) in [5, 5.41) is 1.13. The molecule has 1 atom stereocenters. The van der Waals surface area contributed by atoms with Gasteiger partial charge in [-0.2, -0.15) is 0 Å². The van der Waals surface area contributed by atoms with E-state index < -0.39 is 5.92 Å². The number of carbonyl (C=O) groups is 1. The number of fused-ring (bicyclic) bond motifs is 1. The van der Waals surface area contributed by atoms with E-state index in [1.165, 1.54) is 0 Å². The fraction of sp³-hybridized carbons (Fsp3) is 0.222. The van der Waals surface area contributed by atoms with Gasteiger partial charge in [0, 0.05) is 10.0 Å². The molecule has 2 aromatic carbocycles. The zero-order chi connectivity index (χ0) is 17.1. The van der Waals surface area contributed by atoms with Crippen molar-refractivity contribution in [3.63, 3.8) is 0 Å². The number of carbonyl (C=O) groups excluding carboxylic acids is 1. The predicted octanol–water partition coefficient (Wildman–Crippen LogP) is 4.76. The highest BCUT2D eigenvalue weighted by atomic mass is 35.5. The lowest BCUT2D eigenvalue weighted by Crippen LogP contribution is -2.19. The number of hydrogen-bond acceptors (Lipinski definition) is 3. The number of para-hydroxylation sites is 2. The maximum atomic E-state index is 12.5. The van der Waals surface area contributed by atoms with Gasteiger partial charge in [0.15, 0.2) is 0 Å². The molecule has 0 unspecified atom stereocenters. The van der Waals surface area contributed by atoms with Gasteiger partial charge in [-0.25, -0.2) is 4.98 Å². The highest BCUT2D eigenvalue weighted by molar-refractivity contribution is 6.33. The van der Waals surface area contributed by atoms with Crippen LogP contribution in [-0.4, -0.2) is 22.5 Å². The lowest BCUT2D eigenvalue weighted by atomic mass is 9.98. The molecule has 1 N–H and O–H groups in total. The number of aromatic amines is 1. The van der Waals surface area contributed by atoms with Crippen molar-refractivity contribution in [2.24, 2.45) is 0 Å². The van der Waals surface area contributed by atoms with Gasteiger partial charge in [-0.15, -0.1) is 0 Å². The van der Waals surface area contributed by atoms with Crippen molar-refractivity contribution in [1.29, 1.82) is 0 Å². The molecule has 0 fully saturated rings. The lowest BCUT2D eigenvalue weighted by Gasteiger charge is -2.14. The maximum absolute atomic E-state index is 12.5. The maximum Gasteiger partial charge on any atom is 0.316 e. The molecule has 3 rings (SSSR count). The Kier molecular flexibility index (Phi) is 5.07. The number of halogens is 2. The number of hydrogen-bond donors (Lipinski definition) is 1. The summed E-state index contributed by atoms with van der Waals surface area (Å²) in [6, 6.07) is 12.8. The van der Waals surface area contributed by atoms with E-state index in [4.69, 9.17) is 27.9 Å². The van der Waals surface area contributed by atoms with E-state index >= 15 is 0 Å². The molecule has 0 aliphatic carbocycles. The first-order valence-electron chi connectivity index (χ1n) is 7.63. The first-order valence-corrected chi connectivity index (χ1v) is 8.39. The van der Waals surface area contributed by atoms with E-state index in [1.54, 1.807) is 25.1 Å². The summed E-state index contributed by atoms with van der Waals surface area (Å²) in [5.74, 6) is -0.355. The van der Waals surface area contributed by atoms with E-state index in [2.05, 4.69) is 9.97 Å². The van der Waals surface area contributed by atoms with Crippen LogP contribution in [0.1, 0.15) is 24.2 Å². The molecule has 0 radical (unpaired) electrons. The van der Waals surface area contributed by atoms with Gasteiger partial charge < -0.3 is 9.72 Å². The van der Waals surface area contributed by atoms with Crippen LogP contribution in [0.2, 0.25) is 10.0 Å². The summed E-state index contributed by atoms with van der Waals surface area (Å²) in [7, 11) is 0. The number of ether oxygens (including phenoxy) is 1. The standard InChI is InChI=1S/C18H16Cl2N2O2/c1-2-24-18(23)13(10-11-9-12(19)7-8-14(11)20)17-21-15-5-3-4-6-16(15)22-17/h3-9,13H,2,10H2,1H3,(H,21,22)/t13-/m0/s1. The molecule has 0 aliphatic rings. The molecule has 0 saturated carbocycles. The zero-order valence-corrected chi connectivity index (χ0v) is 14.6. The monoisotopic (exact) mass is 362 g/mol. The molecule has 3 aromatic rings. The molecule has 0 aliphatic heterocycles. The number of imidazole rings is 1. The van der Waals surface area contributed by atoms with Gasteiger partial charge in [-0.3, -0.25) is 4.79 Å². The normalized spacial score (nSPS) is 12.3. The molecule has 24 heavy (non-hydrogen) atoms. The topological polar surface area (TPSA) is 55.0 Å². The Morgan fingerprint density at radius 2 is 2.04 bits per heavy atom. The molecule has 1 aromatic heterocycles. The number of nitrogens with zero attached hydrogens (tertiary/aromatic N) is 1. The van der Waals surface area contributed by atoms with Gasteiger partial charge in [0.25, 0.3) is 0 Å². The Hall–Kier alpha value is -2.04. The van der Waals surface area contributed by atoms with Gasteiger partial charge in [0.2, 0.25) is 0 Å². The van der Waals surface area contributed by atoms with Crippen molar-refractivity contribution in [1.82, 2.24) is 9.97 Å². The van der Waals surface area contributed by atoms with E-state index in [-0.39, 0.29) is 5.97 Å². The minimum atomic E-state index is -0.576. The fourth-order valence-electron chi connectivity index (χ4n) is 2.59. The smallest absolute Gasteiger partial charge is 0.316 e. The minimum Gasteiger partial charge on any atom is -0.465 e. The third kappa shape index (κ3) is 3.55. The van der Waals surface area contributed by atoms with Crippen LogP contribution in [0.3, 0.4) is 0 Å². The summed E-state index contributed by atoms with van der Waals surface area (Å²) in [6.45, 7) is 2.08. The molecular weight excluding hydrogens is 347 g/mol. The highest BCUT2D eigenvalue weighted by Crippen LogP contribution is 2.28. The number of H-pyrrole nitrogens is 1. The number of nitrogens with one attached hydrogen (secondary N) is 1. The fourth-order valence-corrected chi connectivity index (χ4v) is 2.98. The Bertz CT molecular complexity index is 843. The van der Waals surface area contributed by atoms with E-state index in [9.17, 15) is 4.79 Å². The van der Waals surface area contributed by atoms with Crippen LogP contribution in [0.5, 0.6) is 0 Å². The molecule has 6 heteroatoms. The second kappa shape index (κ2) is 7.24. The van der Waals surface area contributed by atoms with Crippen molar-refractivity contribution >= 4 is 40.2 Å². The third-order valence-electron chi connectivity index (χ3n) is 3.74. The molecule has 0 spiro atoms. The number of benzene rings is 2. The van der Waals surface area contributed by atoms with Crippen molar-refractivity contribution in [3.05, 3.63) is 63.9 Å². The van der Waals surface area contributed by atoms with Crippen molar-refractivity contribution < 1.29 is 9.53 Å². The quantitative estimate of drug-likeness (QED) is 0.665. The first-order chi connectivity index (χ1) is 11.6. The molecule has 0 bridgehead atoms. The SMILES string of the molecule is CCOC(=O)[C@@H](Cc1cc(Cl)ccc1Cl)c1nc2ccccc2[nH]1. The molecule has 0 saturated heterocycles. The largest absolute Gasteiger partial charge is 0.465 e. The highest BCUT2D eigenvalue weighted by Gasteiger charge is 2.26. The van der Waals surface area contributed by atoms with E-state index in [0.717, 1.165) is 16.6 Å². The lowest BCUT2D eigenvalue weighted by molar-refractivity contribution is -0.145. The van der Waals surface area contributed by atoms with Crippen LogP contribution in [0, 0.1) is 0 Å². The Balaban J connectivity index is 1.99. The summed E-state index contributed by atoms with van der Waals surface area (Å²) in [4.78, 5) is 20.2. The van der Waals surface area contributed by atoms with E-state index in [0.29, 0.717) is 28.9 Å². The molecule has 4 nitrogen and oxygen atoms in total. The summed E-state index contributed by atoms with van der Waals surface area (Å²) in [6.07, 6.45) is 0.359. The minimum absolute atomic E-state index is 0.304.